The lowest BCUT2D eigenvalue weighted by atomic mass is 9.92. The van der Waals surface area contributed by atoms with E-state index < -0.39 is 0 Å². The number of nitrogens with zero attached hydrogens (tertiary/aromatic N) is 4. The quantitative estimate of drug-likeness (QED) is 0.880. The Bertz CT molecular complexity index is 541. The van der Waals surface area contributed by atoms with Gasteiger partial charge in [0.05, 0.1) is 12.1 Å². The van der Waals surface area contributed by atoms with Crippen LogP contribution >= 0.6 is 0 Å². The van der Waals surface area contributed by atoms with Crippen LogP contribution in [0.3, 0.4) is 0 Å². The Hall–Kier alpha value is -1.75. The minimum atomic E-state index is 0.118. The molecule has 1 aliphatic rings. The Kier molecular flexibility index (Phi) is 3.06. The molecule has 18 heavy (non-hydrogen) atoms. The number of benzene rings is 1. The summed E-state index contributed by atoms with van der Waals surface area (Å²) in [7, 11) is 0. The molecule has 0 bridgehead atoms. The minimum Gasteiger partial charge on any atom is -0.395 e. The molecule has 3 rings (SSSR count). The molecular weight excluding hydrogens is 228 g/mol. The van der Waals surface area contributed by atoms with Crippen LogP contribution in [0.4, 0.5) is 5.95 Å². The molecule has 2 aromatic rings. The summed E-state index contributed by atoms with van der Waals surface area (Å²) < 4.78 is 0. The topological polar surface area (TPSA) is 62.1 Å². The second-order valence-corrected chi connectivity index (χ2v) is 4.60. The fourth-order valence-corrected chi connectivity index (χ4v) is 2.25. The van der Waals surface area contributed by atoms with Crippen molar-refractivity contribution in [2.24, 2.45) is 0 Å². The first-order valence-electron chi connectivity index (χ1n) is 6.35. The van der Waals surface area contributed by atoms with Crippen molar-refractivity contribution < 1.29 is 5.11 Å². The lowest BCUT2D eigenvalue weighted by Crippen LogP contribution is -2.43. The average Bonchev–Trinajstić information content (AvgIpc) is 2.35. The van der Waals surface area contributed by atoms with Crippen molar-refractivity contribution >= 4 is 17.0 Å². The molecule has 1 aromatic heterocycles. The first kappa shape index (κ1) is 11.3. The fraction of sp³-hybridized carbons (Fsp3) is 0.462. The molecule has 0 saturated heterocycles. The van der Waals surface area contributed by atoms with Gasteiger partial charge < -0.3 is 10.0 Å². The van der Waals surface area contributed by atoms with Crippen molar-refractivity contribution in [3.05, 3.63) is 24.3 Å². The fourth-order valence-electron chi connectivity index (χ4n) is 2.25. The lowest BCUT2D eigenvalue weighted by Gasteiger charge is -2.36. The normalized spacial score (nSPS) is 15.6. The molecule has 0 amide bonds. The molecule has 1 aromatic carbocycles. The molecule has 0 unspecified atom stereocenters. The van der Waals surface area contributed by atoms with Crippen LogP contribution in [0.1, 0.15) is 19.3 Å². The van der Waals surface area contributed by atoms with E-state index in [4.69, 9.17) is 5.11 Å². The Balaban J connectivity index is 1.95. The van der Waals surface area contributed by atoms with Gasteiger partial charge in [-0.3, -0.25) is 0 Å². The van der Waals surface area contributed by atoms with Gasteiger partial charge in [0.25, 0.3) is 0 Å². The summed E-state index contributed by atoms with van der Waals surface area (Å²) in [6.07, 6.45) is 3.54. The number of hydrogen-bond donors (Lipinski definition) is 1. The number of aliphatic hydroxyl groups is 1. The second kappa shape index (κ2) is 4.86. The standard InChI is InChI=1S/C13H16N4O/c18-9-8-17(10-4-3-5-10)13-14-11-6-1-2-7-12(11)15-16-13/h1-2,6-7,10,18H,3-5,8-9H2. The van der Waals surface area contributed by atoms with Crippen LogP contribution in [-0.2, 0) is 0 Å². The van der Waals surface area contributed by atoms with Gasteiger partial charge in [-0.15, -0.1) is 10.2 Å². The molecule has 1 fully saturated rings. The average molecular weight is 244 g/mol. The minimum absolute atomic E-state index is 0.118. The lowest BCUT2D eigenvalue weighted by molar-refractivity contribution is 0.282. The molecule has 1 saturated carbocycles. The molecule has 94 valence electrons. The van der Waals surface area contributed by atoms with E-state index in [2.05, 4.69) is 20.1 Å². The maximum atomic E-state index is 9.16. The highest BCUT2D eigenvalue weighted by Gasteiger charge is 2.26. The summed E-state index contributed by atoms with van der Waals surface area (Å²) in [6.45, 7) is 0.692. The molecule has 1 N–H and O–H groups in total. The van der Waals surface area contributed by atoms with Gasteiger partial charge in [0.15, 0.2) is 0 Å². The molecule has 1 heterocycles. The highest BCUT2D eigenvalue weighted by atomic mass is 16.3. The maximum absolute atomic E-state index is 9.16. The number of para-hydroxylation sites is 1. The van der Waals surface area contributed by atoms with E-state index in [1.165, 1.54) is 6.42 Å². The molecule has 5 nitrogen and oxygen atoms in total. The van der Waals surface area contributed by atoms with Gasteiger partial charge in [0.1, 0.15) is 5.52 Å². The Morgan fingerprint density at radius 2 is 1.94 bits per heavy atom. The first-order valence-corrected chi connectivity index (χ1v) is 6.35. The van der Waals surface area contributed by atoms with Crippen LogP contribution in [0.5, 0.6) is 0 Å². The Labute approximate surface area is 105 Å². The smallest absolute Gasteiger partial charge is 0.246 e. The van der Waals surface area contributed by atoms with Crippen molar-refractivity contribution in [3.8, 4) is 0 Å². The van der Waals surface area contributed by atoms with Crippen molar-refractivity contribution in [2.75, 3.05) is 18.1 Å². The largest absolute Gasteiger partial charge is 0.395 e. The van der Waals surface area contributed by atoms with Gasteiger partial charge in [-0.25, -0.2) is 4.98 Å². The van der Waals surface area contributed by atoms with Gasteiger partial charge >= 0.3 is 0 Å². The summed E-state index contributed by atoms with van der Waals surface area (Å²) in [5, 5.41) is 17.5. The maximum Gasteiger partial charge on any atom is 0.246 e. The first-order chi connectivity index (χ1) is 8.88. The summed E-state index contributed by atoms with van der Waals surface area (Å²) in [5.74, 6) is 0.632. The van der Waals surface area contributed by atoms with E-state index in [9.17, 15) is 0 Å². The van der Waals surface area contributed by atoms with E-state index >= 15 is 0 Å². The van der Waals surface area contributed by atoms with Crippen molar-refractivity contribution in [1.82, 2.24) is 15.2 Å². The Morgan fingerprint density at radius 3 is 2.61 bits per heavy atom. The number of aliphatic hydroxyl groups excluding tert-OH is 1. The summed E-state index contributed by atoms with van der Waals surface area (Å²) >= 11 is 0. The van der Waals surface area contributed by atoms with E-state index in [0.29, 0.717) is 18.5 Å². The van der Waals surface area contributed by atoms with Gasteiger partial charge in [-0.2, -0.15) is 0 Å². The van der Waals surface area contributed by atoms with Crippen molar-refractivity contribution in [3.63, 3.8) is 0 Å². The van der Waals surface area contributed by atoms with Gasteiger partial charge in [0.2, 0.25) is 5.95 Å². The third-order valence-corrected chi connectivity index (χ3v) is 3.46. The van der Waals surface area contributed by atoms with Crippen LogP contribution < -0.4 is 4.90 Å². The highest BCUT2D eigenvalue weighted by molar-refractivity contribution is 5.74. The zero-order chi connectivity index (χ0) is 12.4. The van der Waals surface area contributed by atoms with Crippen LogP contribution in [0.15, 0.2) is 24.3 Å². The Morgan fingerprint density at radius 1 is 1.17 bits per heavy atom. The van der Waals surface area contributed by atoms with Gasteiger partial charge in [-0.1, -0.05) is 12.1 Å². The molecule has 0 aliphatic heterocycles. The molecule has 1 aliphatic carbocycles. The zero-order valence-corrected chi connectivity index (χ0v) is 10.2. The van der Waals surface area contributed by atoms with Crippen LogP contribution in [0, 0.1) is 0 Å². The van der Waals surface area contributed by atoms with E-state index in [1.807, 2.05) is 24.3 Å². The third-order valence-electron chi connectivity index (χ3n) is 3.46. The van der Waals surface area contributed by atoms with Gasteiger partial charge in [-0.05, 0) is 31.4 Å². The molecular formula is C13H16N4O. The van der Waals surface area contributed by atoms with E-state index in [-0.39, 0.29) is 6.61 Å². The summed E-state index contributed by atoms with van der Waals surface area (Å²) in [6, 6.07) is 8.17. The number of hydrogen-bond acceptors (Lipinski definition) is 5. The predicted molar refractivity (Wildman–Crippen MR) is 69.4 cm³/mol. The predicted octanol–water partition coefficient (Wildman–Crippen LogP) is 1.38. The number of aromatic nitrogens is 3. The molecule has 0 spiro atoms. The van der Waals surface area contributed by atoms with E-state index in [0.717, 1.165) is 23.9 Å². The summed E-state index contributed by atoms with van der Waals surface area (Å²) in [4.78, 5) is 6.61. The number of anilines is 1. The van der Waals surface area contributed by atoms with Crippen LogP contribution in [0.25, 0.3) is 11.0 Å². The van der Waals surface area contributed by atoms with Crippen molar-refractivity contribution in [2.45, 2.75) is 25.3 Å². The van der Waals surface area contributed by atoms with Crippen molar-refractivity contribution in [1.29, 1.82) is 0 Å². The van der Waals surface area contributed by atoms with E-state index in [1.54, 1.807) is 0 Å². The summed E-state index contributed by atoms with van der Waals surface area (Å²) in [5.41, 5.74) is 1.66. The highest BCUT2D eigenvalue weighted by Crippen LogP contribution is 2.27. The monoisotopic (exact) mass is 244 g/mol. The number of fused-ring (bicyclic) bond motifs is 1. The third kappa shape index (κ3) is 2.01. The zero-order valence-electron chi connectivity index (χ0n) is 10.2. The second-order valence-electron chi connectivity index (χ2n) is 4.60. The van der Waals surface area contributed by atoms with Gasteiger partial charge in [0, 0.05) is 12.6 Å². The van der Waals surface area contributed by atoms with Crippen LogP contribution in [0.2, 0.25) is 0 Å². The molecule has 5 heteroatoms. The van der Waals surface area contributed by atoms with Crippen LogP contribution in [-0.4, -0.2) is 39.5 Å². The molecule has 0 atom stereocenters. The number of rotatable bonds is 4. The SMILES string of the molecule is OCCN(c1nnc2ccccc2n1)C1CCC1. The molecule has 0 radical (unpaired) electrons.